The second-order valence-corrected chi connectivity index (χ2v) is 3.87. The quantitative estimate of drug-likeness (QED) is 0.878. The van der Waals surface area contributed by atoms with Crippen LogP contribution in [0.15, 0.2) is 35.2 Å². The molecule has 0 fully saturated rings. The predicted molar refractivity (Wildman–Crippen MR) is 65.1 cm³/mol. The van der Waals surface area contributed by atoms with Crippen molar-refractivity contribution in [2.75, 3.05) is 14.2 Å². The maximum atomic E-state index is 5.33. The van der Waals surface area contributed by atoms with E-state index in [2.05, 4.69) is 10.3 Å². The molecule has 0 aliphatic rings. The van der Waals surface area contributed by atoms with Crippen LogP contribution in [0.3, 0.4) is 0 Å². The van der Waals surface area contributed by atoms with Gasteiger partial charge in [-0.15, -0.1) is 0 Å². The average Bonchev–Trinajstić information content (AvgIpc) is 2.77. The summed E-state index contributed by atoms with van der Waals surface area (Å²) >= 11 is 0. The molecule has 0 saturated heterocycles. The Morgan fingerprint density at radius 3 is 2.71 bits per heavy atom. The Labute approximate surface area is 101 Å². The normalized spacial score (nSPS) is 12.4. The van der Waals surface area contributed by atoms with Crippen LogP contribution in [0, 0.1) is 6.92 Å². The lowest BCUT2D eigenvalue weighted by Gasteiger charge is -2.15. The van der Waals surface area contributed by atoms with E-state index in [4.69, 9.17) is 9.15 Å². The molecule has 90 valence electrons. The van der Waals surface area contributed by atoms with E-state index in [-0.39, 0.29) is 6.04 Å². The second kappa shape index (κ2) is 5.01. The Hall–Kier alpha value is -1.81. The van der Waals surface area contributed by atoms with E-state index in [1.54, 1.807) is 19.6 Å². The molecule has 1 N–H and O–H groups in total. The molecule has 0 spiro atoms. The number of ether oxygens (including phenoxy) is 1. The van der Waals surface area contributed by atoms with Gasteiger partial charge in [-0.1, -0.05) is 0 Å². The number of nitrogens with one attached hydrogen (secondary N) is 1. The molecular weight excluding hydrogens is 216 g/mol. The lowest BCUT2D eigenvalue weighted by atomic mass is 10.0. The van der Waals surface area contributed by atoms with Crippen molar-refractivity contribution < 1.29 is 9.15 Å². The SMILES string of the molecule is CNC(c1cncc(OC)c1)c1coc(C)c1. The summed E-state index contributed by atoms with van der Waals surface area (Å²) in [6.45, 7) is 1.93. The van der Waals surface area contributed by atoms with Gasteiger partial charge in [-0.25, -0.2) is 0 Å². The fraction of sp³-hybridized carbons (Fsp3) is 0.308. The molecule has 4 heteroatoms. The van der Waals surface area contributed by atoms with Gasteiger partial charge < -0.3 is 14.5 Å². The summed E-state index contributed by atoms with van der Waals surface area (Å²) in [5.74, 6) is 1.65. The molecule has 2 heterocycles. The molecular formula is C13H16N2O2. The van der Waals surface area contributed by atoms with Gasteiger partial charge in [0.2, 0.25) is 0 Å². The van der Waals surface area contributed by atoms with Crippen LogP contribution in [0.1, 0.15) is 22.9 Å². The van der Waals surface area contributed by atoms with Crippen LogP contribution in [-0.4, -0.2) is 19.1 Å². The highest BCUT2D eigenvalue weighted by Crippen LogP contribution is 2.25. The van der Waals surface area contributed by atoms with E-state index < -0.39 is 0 Å². The Balaban J connectivity index is 2.34. The minimum Gasteiger partial charge on any atom is -0.495 e. The summed E-state index contributed by atoms with van der Waals surface area (Å²) in [7, 11) is 3.55. The first-order chi connectivity index (χ1) is 8.24. The average molecular weight is 232 g/mol. The van der Waals surface area contributed by atoms with Gasteiger partial charge in [0.1, 0.15) is 11.5 Å². The second-order valence-electron chi connectivity index (χ2n) is 3.87. The van der Waals surface area contributed by atoms with Gasteiger partial charge in [0.15, 0.2) is 0 Å². The molecule has 1 atom stereocenters. The third-order valence-electron chi connectivity index (χ3n) is 2.68. The Kier molecular flexibility index (Phi) is 3.44. The molecule has 4 nitrogen and oxygen atoms in total. The molecule has 2 rings (SSSR count). The molecule has 0 aliphatic heterocycles. The summed E-state index contributed by atoms with van der Waals surface area (Å²) in [5.41, 5.74) is 2.13. The van der Waals surface area contributed by atoms with Crippen molar-refractivity contribution in [1.82, 2.24) is 10.3 Å². The summed E-state index contributed by atoms with van der Waals surface area (Å²) in [6, 6.07) is 4.05. The predicted octanol–water partition coefficient (Wildman–Crippen LogP) is 2.30. The number of rotatable bonds is 4. The molecule has 1 unspecified atom stereocenters. The van der Waals surface area contributed by atoms with Gasteiger partial charge >= 0.3 is 0 Å². The number of furan rings is 1. The van der Waals surface area contributed by atoms with Crippen LogP contribution in [0.2, 0.25) is 0 Å². The largest absolute Gasteiger partial charge is 0.495 e. The Morgan fingerprint density at radius 1 is 1.29 bits per heavy atom. The number of aromatic nitrogens is 1. The van der Waals surface area contributed by atoms with Crippen LogP contribution in [0.5, 0.6) is 5.75 Å². The lowest BCUT2D eigenvalue weighted by molar-refractivity contribution is 0.411. The fourth-order valence-corrected chi connectivity index (χ4v) is 1.85. The van der Waals surface area contributed by atoms with Crippen LogP contribution < -0.4 is 10.1 Å². The monoisotopic (exact) mass is 232 g/mol. The number of methoxy groups -OCH3 is 1. The maximum Gasteiger partial charge on any atom is 0.137 e. The van der Waals surface area contributed by atoms with Crippen molar-refractivity contribution in [3.8, 4) is 5.75 Å². The van der Waals surface area contributed by atoms with E-state index in [0.29, 0.717) is 0 Å². The van der Waals surface area contributed by atoms with Crippen molar-refractivity contribution in [1.29, 1.82) is 0 Å². The van der Waals surface area contributed by atoms with Crippen molar-refractivity contribution in [2.45, 2.75) is 13.0 Å². The molecule has 2 aromatic rings. The zero-order chi connectivity index (χ0) is 12.3. The van der Waals surface area contributed by atoms with Crippen LogP contribution in [-0.2, 0) is 0 Å². The standard InChI is InChI=1S/C13H16N2O2/c1-9-4-11(8-17-9)13(14-2)10-5-12(16-3)7-15-6-10/h4-8,13-14H,1-3H3. The van der Waals surface area contributed by atoms with Gasteiger partial charge in [0.05, 0.1) is 25.6 Å². The van der Waals surface area contributed by atoms with Crippen LogP contribution >= 0.6 is 0 Å². The van der Waals surface area contributed by atoms with E-state index >= 15 is 0 Å². The highest BCUT2D eigenvalue weighted by atomic mass is 16.5. The minimum absolute atomic E-state index is 0.0649. The first kappa shape index (κ1) is 11.7. The molecule has 2 aromatic heterocycles. The van der Waals surface area contributed by atoms with Crippen molar-refractivity contribution in [3.05, 3.63) is 47.7 Å². The Bertz CT molecular complexity index is 494. The fourth-order valence-electron chi connectivity index (χ4n) is 1.85. The van der Waals surface area contributed by atoms with Crippen LogP contribution in [0.4, 0.5) is 0 Å². The van der Waals surface area contributed by atoms with E-state index in [1.807, 2.05) is 32.3 Å². The minimum atomic E-state index is 0.0649. The molecule has 0 amide bonds. The summed E-state index contributed by atoms with van der Waals surface area (Å²) < 4.78 is 10.5. The van der Waals surface area contributed by atoms with Gasteiger partial charge in [0, 0.05) is 11.8 Å². The van der Waals surface area contributed by atoms with Gasteiger partial charge in [0.25, 0.3) is 0 Å². The molecule has 0 saturated carbocycles. The smallest absolute Gasteiger partial charge is 0.137 e. The molecule has 17 heavy (non-hydrogen) atoms. The topological polar surface area (TPSA) is 47.3 Å². The Morgan fingerprint density at radius 2 is 2.12 bits per heavy atom. The summed E-state index contributed by atoms with van der Waals surface area (Å²) in [6.07, 6.45) is 5.28. The number of hydrogen-bond donors (Lipinski definition) is 1. The molecule has 0 aromatic carbocycles. The number of hydrogen-bond acceptors (Lipinski definition) is 4. The van der Waals surface area contributed by atoms with Crippen molar-refractivity contribution in [2.24, 2.45) is 0 Å². The molecule has 0 bridgehead atoms. The zero-order valence-electron chi connectivity index (χ0n) is 10.2. The zero-order valence-corrected chi connectivity index (χ0v) is 10.2. The van der Waals surface area contributed by atoms with Gasteiger partial charge in [-0.05, 0) is 31.7 Å². The molecule has 0 radical (unpaired) electrons. The third-order valence-corrected chi connectivity index (χ3v) is 2.68. The van der Waals surface area contributed by atoms with Gasteiger partial charge in [-0.3, -0.25) is 4.98 Å². The van der Waals surface area contributed by atoms with E-state index in [9.17, 15) is 0 Å². The van der Waals surface area contributed by atoms with Gasteiger partial charge in [-0.2, -0.15) is 0 Å². The lowest BCUT2D eigenvalue weighted by Crippen LogP contribution is -2.17. The van der Waals surface area contributed by atoms with Crippen LogP contribution in [0.25, 0.3) is 0 Å². The molecule has 0 aliphatic carbocycles. The first-order valence-corrected chi connectivity index (χ1v) is 5.46. The van der Waals surface area contributed by atoms with E-state index in [0.717, 1.165) is 22.6 Å². The van der Waals surface area contributed by atoms with Crippen molar-refractivity contribution in [3.63, 3.8) is 0 Å². The number of nitrogens with zero attached hydrogens (tertiary/aromatic N) is 1. The highest BCUT2D eigenvalue weighted by Gasteiger charge is 2.15. The van der Waals surface area contributed by atoms with E-state index in [1.165, 1.54) is 0 Å². The van der Waals surface area contributed by atoms with Crippen molar-refractivity contribution >= 4 is 0 Å². The summed E-state index contributed by atoms with van der Waals surface area (Å²) in [4.78, 5) is 4.16. The maximum absolute atomic E-state index is 5.33. The first-order valence-electron chi connectivity index (χ1n) is 5.46. The third kappa shape index (κ3) is 2.47. The number of pyridine rings is 1. The highest BCUT2D eigenvalue weighted by molar-refractivity contribution is 5.33. The number of aryl methyl sites for hydroxylation is 1. The summed E-state index contributed by atoms with van der Waals surface area (Å²) in [5, 5.41) is 3.24.